The lowest BCUT2D eigenvalue weighted by molar-refractivity contribution is -0.167. The zero-order valence-electron chi connectivity index (χ0n) is 51.1. The van der Waals surface area contributed by atoms with Crippen LogP contribution in [0.25, 0.3) is 0 Å². The Bertz CT molecular complexity index is 1170. The van der Waals surface area contributed by atoms with Crippen molar-refractivity contribution in [3.05, 3.63) is 12.2 Å². The molecule has 0 aromatic carbocycles. The highest BCUT2D eigenvalue weighted by atomic mass is 16.6. The second kappa shape index (κ2) is 64.7. The normalized spacial score (nSPS) is 12.0. The maximum atomic E-state index is 12.9. The predicted molar refractivity (Wildman–Crippen MR) is 326 cm³/mol. The number of carbonyl (C=O) groups is 3. The van der Waals surface area contributed by atoms with Crippen LogP contribution in [0.5, 0.6) is 0 Å². The van der Waals surface area contributed by atoms with Gasteiger partial charge in [-0.2, -0.15) is 0 Å². The minimum atomic E-state index is -0.767. The number of rotatable bonds is 64. The fourth-order valence-electron chi connectivity index (χ4n) is 10.6. The van der Waals surface area contributed by atoms with Crippen LogP contribution in [0.2, 0.25) is 0 Å². The monoisotopic (exact) mass is 1060 g/mol. The van der Waals surface area contributed by atoms with Gasteiger partial charge in [-0.3, -0.25) is 14.4 Å². The van der Waals surface area contributed by atoms with Gasteiger partial charge in [0.05, 0.1) is 0 Å². The van der Waals surface area contributed by atoms with E-state index in [2.05, 4.69) is 32.9 Å². The Morgan fingerprint density at radius 2 is 0.440 bits per heavy atom. The minimum Gasteiger partial charge on any atom is -0.462 e. The number of hydrogen-bond acceptors (Lipinski definition) is 6. The molecule has 0 aromatic rings. The molecule has 0 heterocycles. The zero-order chi connectivity index (χ0) is 54.3. The highest BCUT2D eigenvalue weighted by Gasteiger charge is 2.19. The molecule has 0 unspecified atom stereocenters. The number of ether oxygens (including phenoxy) is 3. The molecule has 6 heteroatoms. The van der Waals surface area contributed by atoms with Crippen molar-refractivity contribution in [1.29, 1.82) is 0 Å². The van der Waals surface area contributed by atoms with Gasteiger partial charge in [-0.15, -0.1) is 0 Å². The fourth-order valence-corrected chi connectivity index (χ4v) is 10.6. The summed E-state index contributed by atoms with van der Waals surface area (Å²) in [6, 6.07) is 0. The number of carbonyl (C=O) groups excluding carboxylic acids is 3. The summed E-state index contributed by atoms with van der Waals surface area (Å²) in [4.78, 5) is 38.4. The number of unbranched alkanes of at least 4 members (excludes halogenated alkanes) is 51. The van der Waals surface area contributed by atoms with Crippen LogP contribution in [0.1, 0.15) is 393 Å². The van der Waals surface area contributed by atoms with Crippen molar-refractivity contribution < 1.29 is 28.6 Å². The molecule has 75 heavy (non-hydrogen) atoms. The number of hydrogen-bond donors (Lipinski definition) is 0. The lowest BCUT2D eigenvalue weighted by Gasteiger charge is -2.18. The maximum absolute atomic E-state index is 12.9. The number of allylic oxidation sites excluding steroid dienone is 2. The predicted octanol–water partition coefficient (Wildman–Crippen LogP) is 23.2. The van der Waals surface area contributed by atoms with Gasteiger partial charge in [0.25, 0.3) is 0 Å². The third kappa shape index (κ3) is 62.9. The van der Waals surface area contributed by atoms with Crippen LogP contribution in [-0.4, -0.2) is 37.2 Å². The maximum Gasteiger partial charge on any atom is 0.306 e. The third-order valence-corrected chi connectivity index (χ3v) is 15.8. The molecular weight excluding hydrogens is 925 g/mol. The van der Waals surface area contributed by atoms with Crippen molar-refractivity contribution in [2.45, 2.75) is 399 Å². The van der Waals surface area contributed by atoms with Crippen LogP contribution in [0.3, 0.4) is 0 Å². The lowest BCUT2D eigenvalue weighted by Crippen LogP contribution is -2.30. The summed E-state index contributed by atoms with van der Waals surface area (Å²) in [5.41, 5.74) is 0. The first-order valence-electron chi connectivity index (χ1n) is 34.2. The fraction of sp³-hybridized carbons (Fsp3) is 0.928. The van der Waals surface area contributed by atoms with Crippen molar-refractivity contribution in [2.75, 3.05) is 13.2 Å². The van der Waals surface area contributed by atoms with Gasteiger partial charge < -0.3 is 14.2 Å². The van der Waals surface area contributed by atoms with Crippen LogP contribution < -0.4 is 0 Å². The van der Waals surface area contributed by atoms with Gasteiger partial charge in [0.1, 0.15) is 13.2 Å². The highest BCUT2D eigenvalue weighted by molar-refractivity contribution is 5.71. The van der Waals surface area contributed by atoms with E-state index in [1.54, 1.807) is 0 Å². The van der Waals surface area contributed by atoms with E-state index in [0.29, 0.717) is 19.3 Å². The third-order valence-electron chi connectivity index (χ3n) is 15.8. The van der Waals surface area contributed by atoms with Crippen molar-refractivity contribution >= 4 is 17.9 Å². The summed E-state index contributed by atoms with van der Waals surface area (Å²) in [5, 5.41) is 0. The topological polar surface area (TPSA) is 78.9 Å². The molecule has 1 atom stereocenters. The van der Waals surface area contributed by atoms with Crippen LogP contribution in [0.15, 0.2) is 12.2 Å². The van der Waals surface area contributed by atoms with Crippen molar-refractivity contribution in [3.8, 4) is 0 Å². The van der Waals surface area contributed by atoms with Crippen LogP contribution in [0.4, 0.5) is 0 Å². The minimum absolute atomic E-state index is 0.0634. The van der Waals surface area contributed by atoms with Gasteiger partial charge >= 0.3 is 17.9 Å². The first-order valence-corrected chi connectivity index (χ1v) is 34.2. The van der Waals surface area contributed by atoms with E-state index in [4.69, 9.17) is 14.2 Å². The molecule has 0 amide bonds. The summed E-state index contributed by atoms with van der Waals surface area (Å²) in [5.74, 6) is -0.830. The van der Waals surface area contributed by atoms with E-state index < -0.39 is 6.10 Å². The Morgan fingerprint density at radius 1 is 0.253 bits per heavy atom. The Balaban J connectivity index is 4.28. The van der Waals surface area contributed by atoms with Gasteiger partial charge in [-0.05, 0) is 44.9 Å². The van der Waals surface area contributed by atoms with E-state index in [0.717, 1.165) is 57.8 Å². The van der Waals surface area contributed by atoms with E-state index in [1.165, 1.54) is 295 Å². The van der Waals surface area contributed by atoms with Gasteiger partial charge in [-0.1, -0.05) is 341 Å². The molecule has 0 aliphatic carbocycles. The van der Waals surface area contributed by atoms with Crippen molar-refractivity contribution in [3.63, 3.8) is 0 Å². The molecule has 0 aliphatic heterocycles. The van der Waals surface area contributed by atoms with E-state index in [1.807, 2.05) is 0 Å². The summed E-state index contributed by atoms with van der Waals surface area (Å²) < 4.78 is 17.0. The second-order valence-electron chi connectivity index (χ2n) is 23.5. The smallest absolute Gasteiger partial charge is 0.306 e. The number of esters is 3. The van der Waals surface area contributed by atoms with E-state index in [9.17, 15) is 14.4 Å². The van der Waals surface area contributed by atoms with Crippen LogP contribution in [0, 0.1) is 0 Å². The molecule has 0 radical (unpaired) electrons. The average molecular weight is 1060 g/mol. The molecule has 0 fully saturated rings. The highest BCUT2D eigenvalue weighted by Crippen LogP contribution is 2.19. The largest absolute Gasteiger partial charge is 0.462 e. The molecule has 0 rings (SSSR count). The summed E-state index contributed by atoms with van der Waals surface area (Å²) in [7, 11) is 0. The van der Waals surface area contributed by atoms with E-state index >= 15 is 0 Å². The first-order chi connectivity index (χ1) is 37.0. The molecule has 0 aromatic heterocycles. The Hall–Kier alpha value is -1.85. The molecule has 0 spiro atoms. The van der Waals surface area contributed by atoms with Gasteiger partial charge in [0.15, 0.2) is 6.10 Å². The quantitative estimate of drug-likeness (QED) is 0.0261. The van der Waals surface area contributed by atoms with Crippen molar-refractivity contribution in [2.24, 2.45) is 0 Å². The summed E-state index contributed by atoms with van der Waals surface area (Å²) >= 11 is 0. The molecule has 6 nitrogen and oxygen atoms in total. The second-order valence-corrected chi connectivity index (χ2v) is 23.5. The van der Waals surface area contributed by atoms with E-state index in [-0.39, 0.29) is 31.1 Å². The van der Waals surface area contributed by atoms with Gasteiger partial charge in [0.2, 0.25) is 0 Å². The Labute approximate surface area is 469 Å². The average Bonchev–Trinajstić information content (AvgIpc) is 3.41. The summed E-state index contributed by atoms with van der Waals surface area (Å²) in [6.45, 7) is 6.73. The zero-order valence-corrected chi connectivity index (χ0v) is 51.1. The van der Waals surface area contributed by atoms with Gasteiger partial charge in [-0.25, -0.2) is 0 Å². The molecule has 444 valence electrons. The Kier molecular flexibility index (Phi) is 63.1. The van der Waals surface area contributed by atoms with Gasteiger partial charge in [0, 0.05) is 19.3 Å². The SMILES string of the molecule is CCCCCCCC/C=C\CCCCCCCCCCCC(=O)OC[C@H](COC(=O)CCCCCCCCCCCCCCCCCCCCCCC)OC(=O)CCCCCCCCCCCCCCCCCCC. The van der Waals surface area contributed by atoms with Crippen LogP contribution in [-0.2, 0) is 28.6 Å². The first kappa shape index (κ1) is 73.2. The Morgan fingerprint density at radius 3 is 0.667 bits per heavy atom. The molecule has 0 aliphatic rings. The molecule has 0 saturated carbocycles. The molecule has 0 saturated heterocycles. The van der Waals surface area contributed by atoms with Crippen molar-refractivity contribution in [1.82, 2.24) is 0 Å². The lowest BCUT2D eigenvalue weighted by atomic mass is 10.0. The molecular formula is C69H132O6. The molecule has 0 bridgehead atoms. The summed E-state index contributed by atoms with van der Waals surface area (Å²) in [6.07, 6.45) is 76.5. The standard InChI is InChI=1S/C69H132O6/c1-4-7-10-13-16-19-22-25-28-31-33-34-36-39-41-44-47-50-53-56-59-62-68(71)74-65-66(75-69(72)63-60-57-54-51-48-45-42-37-30-27-24-21-18-15-12-9-6-3)64-73-67(70)61-58-55-52-49-46-43-40-38-35-32-29-26-23-20-17-14-11-8-5-2/h26,29,66H,4-25,27-28,30-65H2,1-3H3/b29-26-/t66-/m1/s1. The van der Waals surface area contributed by atoms with Crippen LogP contribution >= 0.6 is 0 Å². The molecule has 0 N–H and O–H groups in total.